The first-order valence-electron chi connectivity index (χ1n) is 10.5. The standard InChI is InChI=1S/C25H31NO3/c1-2-28-24(27)14-13-21-15-17-26(18-16-21)19-20-29-25(22-9-5-3-6-10-22)23-11-7-4-8-12-23/h3-14,21,25H,2,15-20H2,1H3. The minimum absolute atomic E-state index is 0.0394. The number of allylic oxidation sites excluding steroid dienone is 1. The molecule has 0 spiro atoms. The lowest BCUT2D eigenvalue weighted by Gasteiger charge is -2.31. The van der Waals surface area contributed by atoms with Gasteiger partial charge in [0.15, 0.2) is 0 Å². The van der Waals surface area contributed by atoms with E-state index in [4.69, 9.17) is 9.47 Å². The van der Waals surface area contributed by atoms with Crippen LogP contribution in [0, 0.1) is 5.92 Å². The minimum atomic E-state index is -0.240. The molecule has 1 aliphatic heterocycles. The number of likely N-dealkylation sites (tertiary alicyclic amines) is 1. The molecule has 0 bridgehead atoms. The third-order valence-corrected chi connectivity index (χ3v) is 5.32. The predicted octanol–water partition coefficient (Wildman–Crippen LogP) is 4.62. The van der Waals surface area contributed by atoms with Crippen LogP contribution in [0.2, 0.25) is 0 Å². The lowest BCUT2D eigenvalue weighted by Crippen LogP contribution is -2.35. The molecule has 0 atom stereocenters. The zero-order valence-electron chi connectivity index (χ0n) is 17.2. The van der Waals surface area contributed by atoms with Crippen molar-refractivity contribution in [3.63, 3.8) is 0 Å². The van der Waals surface area contributed by atoms with E-state index in [0.29, 0.717) is 19.1 Å². The minimum Gasteiger partial charge on any atom is -0.463 e. The number of carbonyl (C=O) groups excluding carboxylic acids is 1. The molecule has 2 aromatic carbocycles. The summed E-state index contributed by atoms with van der Waals surface area (Å²) in [5.74, 6) is 0.217. The molecule has 1 aliphatic rings. The molecule has 1 heterocycles. The Balaban J connectivity index is 1.47. The molecule has 154 valence electrons. The monoisotopic (exact) mass is 393 g/mol. The highest BCUT2D eigenvalue weighted by Gasteiger charge is 2.19. The van der Waals surface area contributed by atoms with Crippen LogP contribution < -0.4 is 0 Å². The number of piperidine rings is 1. The number of carbonyl (C=O) groups is 1. The molecule has 0 saturated carbocycles. The number of hydrogen-bond acceptors (Lipinski definition) is 4. The molecule has 4 nitrogen and oxygen atoms in total. The van der Waals surface area contributed by atoms with Crippen LogP contribution in [0.3, 0.4) is 0 Å². The summed E-state index contributed by atoms with van der Waals surface area (Å²) in [5.41, 5.74) is 2.36. The molecule has 0 aromatic heterocycles. The van der Waals surface area contributed by atoms with E-state index in [1.807, 2.05) is 25.1 Å². The first-order chi connectivity index (χ1) is 14.3. The van der Waals surface area contributed by atoms with E-state index in [1.54, 1.807) is 6.08 Å². The SMILES string of the molecule is CCOC(=O)C=CC1CCN(CCOC(c2ccccc2)c2ccccc2)CC1. The van der Waals surface area contributed by atoms with Gasteiger partial charge in [0.1, 0.15) is 6.10 Å². The Morgan fingerprint density at radius 1 is 1.03 bits per heavy atom. The zero-order chi connectivity index (χ0) is 20.3. The highest BCUT2D eigenvalue weighted by molar-refractivity contribution is 5.81. The maximum absolute atomic E-state index is 11.5. The summed E-state index contributed by atoms with van der Waals surface area (Å²) in [6.45, 7) is 5.92. The van der Waals surface area contributed by atoms with Gasteiger partial charge in [-0.2, -0.15) is 0 Å². The Kier molecular flexibility index (Phi) is 8.47. The van der Waals surface area contributed by atoms with Crippen LogP contribution in [0.1, 0.15) is 37.0 Å². The Hall–Kier alpha value is -2.43. The molecule has 0 radical (unpaired) electrons. The number of nitrogens with zero attached hydrogens (tertiary/aromatic N) is 1. The van der Waals surface area contributed by atoms with Gasteiger partial charge in [0.2, 0.25) is 0 Å². The van der Waals surface area contributed by atoms with E-state index in [9.17, 15) is 4.79 Å². The molecule has 4 heteroatoms. The van der Waals surface area contributed by atoms with Crippen molar-refractivity contribution in [1.29, 1.82) is 0 Å². The third-order valence-electron chi connectivity index (χ3n) is 5.32. The highest BCUT2D eigenvalue weighted by atomic mass is 16.5. The van der Waals surface area contributed by atoms with Crippen LogP contribution in [-0.4, -0.2) is 43.7 Å². The summed E-state index contributed by atoms with van der Waals surface area (Å²) in [4.78, 5) is 13.9. The molecule has 2 aromatic rings. The molecular weight excluding hydrogens is 362 g/mol. The van der Waals surface area contributed by atoms with Gasteiger partial charge >= 0.3 is 5.97 Å². The van der Waals surface area contributed by atoms with Crippen LogP contribution in [0.5, 0.6) is 0 Å². The fraction of sp³-hybridized carbons (Fsp3) is 0.400. The van der Waals surface area contributed by atoms with Crippen molar-refractivity contribution in [3.8, 4) is 0 Å². The van der Waals surface area contributed by atoms with Crippen molar-refractivity contribution in [2.45, 2.75) is 25.9 Å². The van der Waals surface area contributed by atoms with Gasteiger partial charge < -0.3 is 14.4 Å². The molecule has 29 heavy (non-hydrogen) atoms. The first-order valence-corrected chi connectivity index (χ1v) is 10.5. The van der Waals surface area contributed by atoms with Gasteiger partial charge in [-0.3, -0.25) is 0 Å². The number of rotatable bonds is 9. The van der Waals surface area contributed by atoms with E-state index in [1.165, 1.54) is 11.1 Å². The van der Waals surface area contributed by atoms with Crippen molar-refractivity contribution < 1.29 is 14.3 Å². The number of hydrogen-bond donors (Lipinski definition) is 0. The summed E-state index contributed by atoms with van der Waals surface area (Å²) in [6, 6.07) is 20.8. The highest BCUT2D eigenvalue weighted by Crippen LogP contribution is 2.26. The zero-order valence-corrected chi connectivity index (χ0v) is 17.2. The fourth-order valence-corrected chi connectivity index (χ4v) is 3.71. The summed E-state index contributed by atoms with van der Waals surface area (Å²) >= 11 is 0. The number of ether oxygens (including phenoxy) is 2. The Morgan fingerprint density at radius 2 is 1.62 bits per heavy atom. The van der Waals surface area contributed by atoms with Gasteiger partial charge in [-0.1, -0.05) is 66.7 Å². The maximum Gasteiger partial charge on any atom is 0.330 e. The van der Waals surface area contributed by atoms with Gasteiger partial charge in [-0.05, 0) is 49.9 Å². The van der Waals surface area contributed by atoms with Crippen LogP contribution in [-0.2, 0) is 14.3 Å². The average Bonchev–Trinajstić information content (AvgIpc) is 2.77. The van der Waals surface area contributed by atoms with E-state index in [2.05, 4.69) is 53.4 Å². The van der Waals surface area contributed by atoms with E-state index >= 15 is 0 Å². The van der Waals surface area contributed by atoms with Crippen molar-refractivity contribution >= 4 is 5.97 Å². The quantitative estimate of drug-likeness (QED) is 0.460. The lowest BCUT2D eigenvalue weighted by molar-refractivity contribution is -0.137. The molecule has 3 rings (SSSR count). The fourth-order valence-electron chi connectivity index (χ4n) is 3.71. The summed E-state index contributed by atoms with van der Waals surface area (Å²) < 4.78 is 11.3. The van der Waals surface area contributed by atoms with E-state index < -0.39 is 0 Å². The molecule has 0 N–H and O–H groups in total. The molecule has 0 unspecified atom stereocenters. The summed E-state index contributed by atoms with van der Waals surface area (Å²) in [7, 11) is 0. The smallest absolute Gasteiger partial charge is 0.330 e. The van der Waals surface area contributed by atoms with Gasteiger partial charge in [0.05, 0.1) is 13.2 Å². The Bertz CT molecular complexity index is 713. The topological polar surface area (TPSA) is 38.8 Å². The van der Waals surface area contributed by atoms with Crippen molar-refractivity contribution in [1.82, 2.24) is 4.90 Å². The Labute approximate surface area is 174 Å². The van der Waals surface area contributed by atoms with Gasteiger partial charge in [-0.25, -0.2) is 4.79 Å². The van der Waals surface area contributed by atoms with E-state index in [-0.39, 0.29) is 12.1 Å². The van der Waals surface area contributed by atoms with Crippen LogP contribution >= 0.6 is 0 Å². The normalized spacial score (nSPS) is 15.8. The van der Waals surface area contributed by atoms with Gasteiger partial charge in [0.25, 0.3) is 0 Å². The van der Waals surface area contributed by atoms with Crippen LogP contribution in [0.15, 0.2) is 72.8 Å². The summed E-state index contributed by atoms with van der Waals surface area (Å²) in [6.07, 6.45) is 5.68. The predicted molar refractivity (Wildman–Crippen MR) is 116 cm³/mol. The molecule has 1 fully saturated rings. The molecule has 1 saturated heterocycles. The first kappa shape index (κ1) is 21.3. The maximum atomic E-state index is 11.5. The second-order valence-corrected chi connectivity index (χ2v) is 7.36. The van der Waals surface area contributed by atoms with Gasteiger partial charge in [-0.15, -0.1) is 0 Å². The molecule has 0 amide bonds. The number of esters is 1. The lowest BCUT2D eigenvalue weighted by atomic mass is 9.96. The average molecular weight is 394 g/mol. The van der Waals surface area contributed by atoms with E-state index in [0.717, 1.165) is 32.5 Å². The molecule has 0 aliphatic carbocycles. The van der Waals surface area contributed by atoms with Crippen molar-refractivity contribution in [2.75, 3.05) is 32.8 Å². The number of benzene rings is 2. The van der Waals surface area contributed by atoms with Crippen molar-refractivity contribution in [2.24, 2.45) is 5.92 Å². The van der Waals surface area contributed by atoms with Gasteiger partial charge in [0, 0.05) is 12.6 Å². The summed E-state index contributed by atoms with van der Waals surface area (Å²) in [5, 5.41) is 0. The largest absolute Gasteiger partial charge is 0.463 e. The van der Waals surface area contributed by atoms with Crippen LogP contribution in [0.25, 0.3) is 0 Å². The van der Waals surface area contributed by atoms with Crippen molar-refractivity contribution in [3.05, 3.63) is 83.9 Å². The molecular formula is C25H31NO3. The third kappa shape index (κ3) is 6.84. The second kappa shape index (κ2) is 11.5. The second-order valence-electron chi connectivity index (χ2n) is 7.36. The van der Waals surface area contributed by atoms with Crippen LogP contribution in [0.4, 0.5) is 0 Å². The Morgan fingerprint density at radius 3 is 2.17 bits per heavy atom.